The molecule has 0 unspecified atom stereocenters. The molecule has 3 N–H and O–H groups in total. The van der Waals surface area contributed by atoms with E-state index in [9.17, 15) is 22.3 Å². The van der Waals surface area contributed by atoms with Crippen LogP contribution in [0.2, 0.25) is 0 Å². The van der Waals surface area contributed by atoms with E-state index in [4.69, 9.17) is 9.66 Å². The molecule has 11 heteroatoms. The highest BCUT2D eigenvalue weighted by Gasteiger charge is 2.26. The molecule has 0 bridgehead atoms. The lowest BCUT2D eigenvalue weighted by Crippen LogP contribution is -2.16. The molecule has 0 aliphatic carbocycles. The van der Waals surface area contributed by atoms with Crippen molar-refractivity contribution in [2.45, 2.75) is 18.4 Å². The largest absolute Gasteiger partial charge is 0.388 e. The predicted molar refractivity (Wildman–Crippen MR) is 85.0 cm³/mol. The van der Waals surface area contributed by atoms with E-state index < -0.39 is 33.2 Å². The number of aliphatic hydroxyl groups excluding tert-OH is 1. The molecule has 0 fully saturated rings. The highest BCUT2D eigenvalue weighted by atomic mass is 32.2. The lowest BCUT2D eigenvalue weighted by Gasteiger charge is -2.07. The fourth-order valence-electron chi connectivity index (χ4n) is 2.31. The summed E-state index contributed by atoms with van der Waals surface area (Å²) in [6.45, 7) is 1.18. The smallest absolute Gasteiger partial charge is 0.243 e. The maximum absolute atomic E-state index is 14.1. The normalized spacial score (nSPS) is 11.9. The van der Waals surface area contributed by atoms with Gasteiger partial charge in [-0.25, -0.2) is 27.3 Å². The van der Waals surface area contributed by atoms with Crippen molar-refractivity contribution in [3.63, 3.8) is 0 Å². The van der Waals surface area contributed by atoms with Gasteiger partial charge in [0.05, 0.1) is 5.56 Å². The number of nitrogens with zero attached hydrogens (tertiary/aromatic N) is 2. The van der Waals surface area contributed by atoms with Crippen LogP contribution in [0.5, 0.6) is 0 Å². The average molecular weight is 387 g/mol. The molecule has 25 heavy (non-hydrogen) atoms. The highest BCUT2D eigenvalue weighted by molar-refractivity contribution is 7.89. The van der Waals surface area contributed by atoms with Crippen molar-refractivity contribution in [3.8, 4) is 21.8 Å². The Hall–Kier alpha value is -2.21. The molecule has 0 saturated heterocycles. The van der Waals surface area contributed by atoms with Crippen molar-refractivity contribution >= 4 is 21.4 Å². The number of hydrogen-bond acceptors (Lipinski definition) is 7. The molecule has 0 aliphatic rings. The van der Waals surface area contributed by atoms with Gasteiger partial charge in [0.15, 0.2) is 16.3 Å². The number of aliphatic hydroxyl groups is 1. The van der Waals surface area contributed by atoms with Crippen molar-refractivity contribution in [3.05, 3.63) is 40.6 Å². The van der Waals surface area contributed by atoms with Gasteiger partial charge < -0.3 is 9.63 Å². The number of hydrogen-bond donors (Lipinski definition) is 2. The monoisotopic (exact) mass is 387 g/mol. The Labute approximate surface area is 144 Å². The van der Waals surface area contributed by atoms with Gasteiger partial charge in [-0.05, 0) is 24.6 Å². The molecule has 0 amide bonds. The third-order valence-corrected chi connectivity index (χ3v) is 5.23. The van der Waals surface area contributed by atoms with Gasteiger partial charge in [0, 0.05) is 11.1 Å². The second kappa shape index (κ2) is 6.26. The minimum atomic E-state index is -4.57. The Morgan fingerprint density at radius 1 is 1.32 bits per heavy atom. The molecule has 0 radical (unpaired) electrons. The number of rotatable bonds is 4. The van der Waals surface area contributed by atoms with Gasteiger partial charge in [-0.1, -0.05) is 5.16 Å². The number of sulfonamides is 1. The van der Waals surface area contributed by atoms with Crippen LogP contribution in [0, 0.1) is 18.6 Å². The van der Waals surface area contributed by atoms with Crippen LogP contribution >= 0.6 is 11.3 Å². The standard InChI is InChI=1S/C14H11F2N3O4S2/c1-6-5-24-14(18-6)12-11(10(4-20)23-19-12)7-2-8(15)13(9(16)3-7)25(17,21)22/h2-3,5,20H,4H2,1H3,(H2,17,21,22). The van der Waals surface area contributed by atoms with Crippen LogP contribution in [-0.2, 0) is 16.6 Å². The van der Waals surface area contributed by atoms with Gasteiger partial charge in [-0.3, -0.25) is 0 Å². The quantitative estimate of drug-likeness (QED) is 0.708. The second-order valence-corrected chi connectivity index (χ2v) is 7.45. The van der Waals surface area contributed by atoms with Crippen LogP contribution in [0.25, 0.3) is 21.8 Å². The Kier molecular flexibility index (Phi) is 4.41. The first-order valence-corrected chi connectivity index (χ1v) is 9.19. The number of halogens is 2. The summed E-state index contributed by atoms with van der Waals surface area (Å²) < 4.78 is 55.9. The molecule has 2 aromatic heterocycles. The zero-order chi connectivity index (χ0) is 18.4. The summed E-state index contributed by atoms with van der Waals surface area (Å²) in [6, 6.07) is 1.58. The first-order valence-electron chi connectivity index (χ1n) is 6.76. The van der Waals surface area contributed by atoms with Gasteiger partial charge in [-0.15, -0.1) is 11.3 Å². The summed E-state index contributed by atoms with van der Waals surface area (Å²) >= 11 is 1.23. The molecular weight excluding hydrogens is 376 g/mol. The van der Waals surface area contributed by atoms with Gasteiger partial charge in [-0.2, -0.15) is 0 Å². The predicted octanol–water partition coefficient (Wildman–Crippen LogP) is 2.19. The molecule has 1 aromatic carbocycles. The van der Waals surface area contributed by atoms with Crippen LogP contribution in [0.1, 0.15) is 11.5 Å². The van der Waals surface area contributed by atoms with Crippen LogP contribution in [0.4, 0.5) is 8.78 Å². The van der Waals surface area contributed by atoms with Crippen LogP contribution in [0.15, 0.2) is 26.9 Å². The molecule has 0 saturated carbocycles. The molecule has 3 rings (SSSR count). The number of benzene rings is 1. The molecule has 0 atom stereocenters. The number of aryl methyl sites for hydroxylation is 1. The summed E-state index contributed by atoms with van der Waals surface area (Å²) in [4.78, 5) is 3.00. The summed E-state index contributed by atoms with van der Waals surface area (Å²) in [6.07, 6.45) is 0. The Morgan fingerprint density at radius 3 is 2.44 bits per heavy atom. The summed E-state index contributed by atoms with van der Waals surface area (Å²) in [7, 11) is -4.57. The van der Waals surface area contributed by atoms with Crippen LogP contribution < -0.4 is 5.14 Å². The fourth-order valence-corrected chi connectivity index (χ4v) is 3.76. The third-order valence-electron chi connectivity index (χ3n) is 3.30. The number of primary sulfonamides is 1. The topological polar surface area (TPSA) is 119 Å². The Bertz CT molecular complexity index is 1040. The summed E-state index contributed by atoms with van der Waals surface area (Å²) in [5, 5.41) is 20.2. The van der Waals surface area contributed by atoms with E-state index in [-0.39, 0.29) is 22.6 Å². The van der Waals surface area contributed by atoms with Crippen molar-refractivity contribution < 1.29 is 26.8 Å². The van der Waals surface area contributed by atoms with E-state index in [1.54, 1.807) is 12.3 Å². The molecule has 3 aromatic rings. The number of aromatic nitrogens is 2. The number of nitrogens with two attached hydrogens (primary N) is 1. The first-order chi connectivity index (χ1) is 11.7. The lowest BCUT2D eigenvalue weighted by molar-refractivity contribution is 0.230. The van der Waals surface area contributed by atoms with E-state index in [0.717, 1.165) is 12.1 Å². The Morgan fingerprint density at radius 2 is 1.96 bits per heavy atom. The zero-order valence-corrected chi connectivity index (χ0v) is 14.3. The third kappa shape index (κ3) is 3.18. The van der Waals surface area contributed by atoms with Crippen molar-refractivity contribution in [1.82, 2.24) is 10.1 Å². The van der Waals surface area contributed by atoms with Crippen LogP contribution in [0.3, 0.4) is 0 Å². The van der Waals surface area contributed by atoms with E-state index in [0.29, 0.717) is 10.7 Å². The van der Waals surface area contributed by atoms with E-state index >= 15 is 0 Å². The van der Waals surface area contributed by atoms with Crippen molar-refractivity contribution in [1.29, 1.82) is 0 Å². The highest BCUT2D eigenvalue weighted by Crippen LogP contribution is 2.37. The number of thiazole rings is 1. The minimum absolute atomic E-state index is 0.0370. The van der Waals surface area contributed by atoms with Crippen molar-refractivity contribution in [2.24, 2.45) is 5.14 Å². The van der Waals surface area contributed by atoms with Crippen LogP contribution in [-0.4, -0.2) is 23.7 Å². The van der Waals surface area contributed by atoms with E-state index in [2.05, 4.69) is 10.1 Å². The molecular formula is C14H11F2N3O4S2. The second-order valence-electron chi connectivity index (χ2n) is 5.10. The maximum Gasteiger partial charge on any atom is 0.243 e. The molecule has 2 heterocycles. The van der Waals surface area contributed by atoms with E-state index in [1.807, 2.05) is 0 Å². The first kappa shape index (κ1) is 17.6. The Balaban J connectivity index is 2.25. The van der Waals surface area contributed by atoms with Gasteiger partial charge >= 0.3 is 0 Å². The van der Waals surface area contributed by atoms with Gasteiger partial charge in [0.25, 0.3) is 0 Å². The van der Waals surface area contributed by atoms with Crippen molar-refractivity contribution in [2.75, 3.05) is 0 Å². The molecule has 7 nitrogen and oxygen atoms in total. The fraction of sp³-hybridized carbons (Fsp3) is 0.143. The SMILES string of the molecule is Cc1csc(-c2noc(CO)c2-c2cc(F)c(S(N)(=O)=O)c(F)c2)n1. The van der Waals surface area contributed by atoms with Gasteiger partial charge in [0.2, 0.25) is 10.0 Å². The average Bonchev–Trinajstić information content (AvgIpc) is 3.10. The maximum atomic E-state index is 14.1. The summed E-state index contributed by atoms with van der Waals surface area (Å²) in [5.41, 5.74) is 0.955. The molecule has 0 spiro atoms. The van der Waals surface area contributed by atoms with Gasteiger partial charge in [0.1, 0.15) is 23.2 Å². The molecule has 0 aliphatic heterocycles. The van der Waals surface area contributed by atoms with E-state index in [1.165, 1.54) is 11.3 Å². The zero-order valence-electron chi connectivity index (χ0n) is 12.7. The minimum Gasteiger partial charge on any atom is -0.388 e. The molecule has 132 valence electrons. The summed E-state index contributed by atoms with van der Waals surface area (Å²) in [5.74, 6) is -2.75. The lowest BCUT2D eigenvalue weighted by atomic mass is 10.0.